The Morgan fingerprint density at radius 2 is 1.84 bits per heavy atom. The van der Waals surface area contributed by atoms with Crippen LogP contribution in [0.15, 0.2) is 24.3 Å². The van der Waals surface area contributed by atoms with E-state index in [-0.39, 0.29) is 17.1 Å². The fraction of sp³-hybridized carbons (Fsp3) is 0.533. The molecule has 3 N–H and O–H groups in total. The summed E-state index contributed by atoms with van der Waals surface area (Å²) < 4.78 is 12.8. The zero-order valence-electron chi connectivity index (χ0n) is 11.1. The molecule has 104 valence electrons. The Morgan fingerprint density at radius 3 is 2.42 bits per heavy atom. The lowest BCUT2D eigenvalue weighted by Gasteiger charge is -2.36. The summed E-state index contributed by atoms with van der Waals surface area (Å²) in [6, 6.07) is 5.60. The average Bonchev–Trinajstić information content (AvgIpc) is 2.46. The van der Waals surface area contributed by atoms with E-state index in [1.807, 2.05) is 0 Å². The van der Waals surface area contributed by atoms with Gasteiger partial charge in [-0.15, -0.1) is 0 Å². The average molecular weight is 264 g/mol. The SMILES string of the molecule is NCC1(CNC(=O)c2ccc(F)cc2)CCCCC1. The summed E-state index contributed by atoms with van der Waals surface area (Å²) in [5.41, 5.74) is 6.42. The molecular weight excluding hydrogens is 243 g/mol. The molecule has 0 heterocycles. The zero-order valence-corrected chi connectivity index (χ0v) is 11.1. The molecule has 0 aliphatic heterocycles. The summed E-state index contributed by atoms with van der Waals surface area (Å²) >= 11 is 0. The lowest BCUT2D eigenvalue weighted by molar-refractivity contribution is 0.0914. The Morgan fingerprint density at radius 1 is 1.21 bits per heavy atom. The molecule has 1 aromatic carbocycles. The fourth-order valence-electron chi connectivity index (χ4n) is 2.73. The number of nitrogens with one attached hydrogen (secondary N) is 1. The van der Waals surface area contributed by atoms with Gasteiger partial charge in [0.15, 0.2) is 0 Å². The van der Waals surface area contributed by atoms with Crippen molar-refractivity contribution in [3.8, 4) is 0 Å². The number of carbonyl (C=O) groups is 1. The van der Waals surface area contributed by atoms with Crippen LogP contribution < -0.4 is 11.1 Å². The molecule has 3 nitrogen and oxygen atoms in total. The summed E-state index contributed by atoms with van der Waals surface area (Å²) in [6.07, 6.45) is 5.78. The Kier molecular flexibility index (Phi) is 4.53. The molecule has 1 aromatic rings. The normalized spacial score (nSPS) is 18.0. The van der Waals surface area contributed by atoms with Gasteiger partial charge in [0.25, 0.3) is 5.91 Å². The van der Waals surface area contributed by atoms with Crippen molar-refractivity contribution in [2.24, 2.45) is 11.1 Å². The third-order valence-corrected chi connectivity index (χ3v) is 4.08. The van der Waals surface area contributed by atoms with E-state index >= 15 is 0 Å². The van der Waals surface area contributed by atoms with Gasteiger partial charge in [-0.25, -0.2) is 4.39 Å². The van der Waals surface area contributed by atoms with Crippen molar-refractivity contribution < 1.29 is 9.18 Å². The van der Waals surface area contributed by atoms with E-state index in [1.165, 1.54) is 43.5 Å². The smallest absolute Gasteiger partial charge is 0.251 e. The van der Waals surface area contributed by atoms with Crippen LogP contribution in [0.3, 0.4) is 0 Å². The Labute approximate surface area is 113 Å². The van der Waals surface area contributed by atoms with Crippen LogP contribution in [0.5, 0.6) is 0 Å². The first kappa shape index (κ1) is 14.0. The van der Waals surface area contributed by atoms with E-state index in [0.29, 0.717) is 18.7 Å². The van der Waals surface area contributed by atoms with Gasteiger partial charge in [-0.1, -0.05) is 19.3 Å². The van der Waals surface area contributed by atoms with Crippen LogP contribution >= 0.6 is 0 Å². The molecule has 1 fully saturated rings. The number of hydrogen-bond acceptors (Lipinski definition) is 2. The minimum atomic E-state index is -0.331. The number of nitrogens with two attached hydrogens (primary N) is 1. The summed E-state index contributed by atoms with van der Waals surface area (Å²) in [5.74, 6) is -0.486. The highest BCUT2D eigenvalue weighted by Gasteiger charge is 2.30. The van der Waals surface area contributed by atoms with Crippen molar-refractivity contribution in [1.82, 2.24) is 5.32 Å². The Bertz CT molecular complexity index is 424. The van der Waals surface area contributed by atoms with Gasteiger partial charge in [-0.05, 0) is 49.1 Å². The predicted molar refractivity (Wildman–Crippen MR) is 73.3 cm³/mol. The largest absolute Gasteiger partial charge is 0.351 e. The van der Waals surface area contributed by atoms with Crippen LogP contribution in [0.25, 0.3) is 0 Å². The molecule has 1 aliphatic rings. The van der Waals surface area contributed by atoms with Gasteiger partial charge in [0.1, 0.15) is 5.82 Å². The summed E-state index contributed by atoms with van der Waals surface area (Å²) in [6.45, 7) is 1.22. The first-order valence-electron chi connectivity index (χ1n) is 6.89. The molecular formula is C15H21FN2O. The van der Waals surface area contributed by atoms with E-state index in [9.17, 15) is 9.18 Å². The second kappa shape index (κ2) is 6.15. The van der Waals surface area contributed by atoms with Crippen LogP contribution in [0.4, 0.5) is 4.39 Å². The number of rotatable bonds is 4. The minimum Gasteiger partial charge on any atom is -0.351 e. The number of amides is 1. The van der Waals surface area contributed by atoms with Crippen molar-refractivity contribution in [2.45, 2.75) is 32.1 Å². The molecule has 0 aromatic heterocycles. The minimum absolute atomic E-state index is 0.0495. The maximum atomic E-state index is 12.8. The van der Waals surface area contributed by atoms with Crippen LogP contribution in [-0.4, -0.2) is 19.0 Å². The molecule has 1 aliphatic carbocycles. The molecule has 0 spiro atoms. The van der Waals surface area contributed by atoms with Crippen LogP contribution in [0.1, 0.15) is 42.5 Å². The van der Waals surface area contributed by atoms with Gasteiger partial charge in [0.2, 0.25) is 0 Å². The maximum Gasteiger partial charge on any atom is 0.251 e. The number of hydrogen-bond donors (Lipinski definition) is 2. The van der Waals surface area contributed by atoms with Gasteiger partial charge in [0, 0.05) is 12.1 Å². The fourth-order valence-corrected chi connectivity index (χ4v) is 2.73. The Hall–Kier alpha value is -1.42. The topological polar surface area (TPSA) is 55.1 Å². The van der Waals surface area contributed by atoms with Crippen molar-refractivity contribution >= 4 is 5.91 Å². The van der Waals surface area contributed by atoms with Crippen LogP contribution in [-0.2, 0) is 0 Å². The van der Waals surface area contributed by atoms with Gasteiger partial charge in [-0.3, -0.25) is 4.79 Å². The van der Waals surface area contributed by atoms with Crippen LogP contribution in [0.2, 0.25) is 0 Å². The first-order valence-corrected chi connectivity index (χ1v) is 6.89. The molecule has 2 rings (SSSR count). The number of carbonyl (C=O) groups excluding carboxylic acids is 1. The van der Waals surface area contributed by atoms with Crippen LogP contribution in [0, 0.1) is 11.2 Å². The van der Waals surface area contributed by atoms with Crippen molar-refractivity contribution in [3.63, 3.8) is 0 Å². The van der Waals surface area contributed by atoms with Crippen molar-refractivity contribution in [3.05, 3.63) is 35.6 Å². The van der Waals surface area contributed by atoms with Crippen molar-refractivity contribution in [2.75, 3.05) is 13.1 Å². The second-order valence-electron chi connectivity index (χ2n) is 5.45. The van der Waals surface area contributed by atoms with Gasteiger partial charge in [0.05, 0.1) is 0 Å². The van der Waals surface area contributed by atoms with Gasteiger partial charge < -0.3 is 11.1 Å². The van der Waals surface area contributed by atoms with E-state index in [1.54, 1.807) is 0 Å². The van der Waals surface area contributed by atoms with E-state index in [2.05, 4.69) is 5.32 Å². The summed E-state index contributed by atoms with van der Waals surface area (Å²) in [4.78, 5) is 12.0. The molecule has 1 amide bonds. The monoisotopic (exact) mass is 264 g/mol. The lowest BCUT2D eigenvalue weighted by atomic mass is 9.74. The molecule has 0 saturated heterocycles. The molecule has 0 radical (unpaired) electrons. The quantitative estimate of drug-likeness (QED) is 0.877. The second-order valence-corrected chi connectivity index (χ2v) is 5.45. The van der Waals surface area contributed by atoms with Gasteiger partial charge in [-0.2, -0.15) is 0 Å². The molecule has 4 heteroatoms. The predicted octanol–water partition coefficient (Wildman–Crippen LogP) is 2.46. The number of halogens is 1. The third-order valence-electron chi connectivity index (χ3n) is 4.08. The summed E-state index contributed by atoms with van der Waals surface area (Å²) in [7, 11) is 0. The molecule has 0 unspecified atom stereocenters. The molecule has 0 atom stereocenters. The summed E-state index contributed by atoms with van der Waals surface area (Å²) in [5, 5.41) is 2.94. The lowest BCUT2D eigenvalue weighted by Crippen LogP contribution is -2.43. The molecule has 1 saturated carbocycles. The first-order chi connectivity index (χ1) is 9.15. The van der Waals surface area contributed by atoms with E-state index in [0.717, 1.165) is 12.8 Å². The highest BCUT2D eigenvalue weighted by molar-refractivity contribution is 5.94. The van der Waals surface area contributed by atoms with Gasteiger partial charge >= 0.3 is 0 Å². The zero-order chi connectivity index (χ0) is 13.7. The standard InChI is InChI=1S/C15H21FN2O/c16-13-6-4-12(5-7-13)14(19)18-11-15(10-17)8-2-1-3-9-15/h4-7H,1-3,8-11,17H2,(H,18,19). The van der Waals surface area contributed by atoms with Crippen molar-refractivity contribution in [1.29, 1.82) is 0 Å². The third kappa shape index (κ3) is 3.53. The molecule has 19 heavy (non-hydrogen) atoms. The highest BCUT2D eigenvalue weighted by Crippen LogP contribution is 2.34. The molecule has 0 bridgehead atoms. The maximum absolute atomic E-state index is 12.8. The van der Waals surface area contributed by atoms with E-state index < -0.39 is 0 Å². The number of benzene rings is 1. The van der Waals surface area contributed by atoms with E-state index in [4.69, 9.17) is 5.73 Å². The highest BCUT2D eigenvalue weighted by atomic mass is 19.1. The Balaban J connectivity index is 1.93.